The van der Waals surface area contributed by atoms with Crippen molar-refractivity contribution in [2.24, 2.45) is 9.98 Å². The smallest absolute Gasteiger partial charge is 0.127 e. The Bertz CT molecular complexity index is 1120. The van der Waals surface area contributed by atoms with Crippen molar-refractivity contribution in [3.05, 3.63) is 57.6 Å². The highest BCUT2D eigenvalue weighted by atomic mass is 16.3. The van der Waals surface area contributed by atoms with E-state index in [1.165, 1.54) is 11.1 Å². The quantitative estimate of drug-likeness (QED) is 0.182. The Hall–Kier alpha value is -2.70. The van der Waals surface area contributed by atoms with Gasteiger partial charge in [0.1, 0.15) is 24.6 Å². The molecule has 1 fully saturated rings. The number of benzene rings is 2. The van der Waals surface area contributed by atoms with Gasteiger partial charge in [0.05, 0.1) is 51.4 Å². The minimum absolute atomic E-state index is 0.0613. The number of nitrogens with zero attached hydrogens (tertiary/aromatic N) is 4. The molecule has 0 bridgehead atoms. The molecule has 2 N–H and O–H groups in total. The van der Waals surface area contributed by atoms with E-state index in [0.29, 0.717) is 11.5 Å². The summed E-state index contributed by atoms with van der Waals surface area (Å²) in [5.74, 6) is 0.637. The van der Waals surface area contributed by atoms with Crippen LogP contribution >= 0.6 is 0 Å². The van der Waals surface area contributed by atoms with Crippen LogP contribution < -0.4 is 0 Å². The molecule has 1 aliphatic carbocycles. The molecular weight excluding hydrogens is 520 g/mol. The highest BCUT2D eigenvalue weighted by molar-refractivity contribution is 5.85. The van der Waals surface area contributed by atoms with Gasteiger partial charge in [0.25, 0.3) is 0 Å². The number of aliphatic imine (C=N–C) groups is 2. The third kappa shape index (κ3) is 8.02. The van der Waals surface area contributed by atoms with Crippen molar-refractivity contribution >= 4 is 12.4 Å². The second kappa shape index (κ2) is 15.2. The molecule has 2 aromatic carbocycles. The molecule has 1 saturated carbocycles. The van der Waals surface area contributed by atoms with Crippen molar-refractivity contribution in [3.8, 4) is 11.5 Å². The van der Waals surface area contributed by atoms with Crippen LogP contribution in [-0.2, 0) is 13.1 Å². The summed E-state index contributed by atoms with van der Waals surface area (Å²) in [7, 11) is 0. The normalized spacial score (nSPS) is 18.4. The van der Waals surface area contributed by atoms with Gasteiger partial charge >= 0.3 is 0 Å². The first kappa shape index (κ1) is 33.8. The highest BCUT2D eigenvalue weighted by Gasteiger charge is 2.26. The van der Waals surface area contributed by atoms with E-state index in [4.69, 9.17) is 9.98 Å². The number of aromatic hydroxyl groups is 2. The average Bonchev–Trinajstić information content (AvgIpc) is 3.01. The molecule has 6 heteroatoms. The minimum atomic E-state index is 0.0613. The largest absolute Gasteiger partial charge is 0.507 e. The first-order valence-electron chi connectivity index (χ1n) is 16.5. The Morgan fingerprint density at radius 1 is 0.619 bits per heavy atom. The molecule has 0 heterocycles. The maximum Gasteiger partial charge on any atom is 0.127 e. The van der Waals surface area contributed by atoms with Crippen molar-refractivity contribution in [3.63, 3.8) is 0 Å². The molecule has 0 radical (unpaired) electrons. The summed E-state index contributed by atoms with van der Waals surface area (Å²) in [6.45, 7) is 26.0. The van der Waals surface area contributed by atoms with Crippen LogP contribution in [0.25, 0.3) is 0 Å². The van der Waals surface area contributed by atoms with E-state index in [9.17, 15) is 10.2 Å². The van der Waals surface area contributed by atoms with Crippen LogP contribution in [0.4, 0.5) is 0 Å². The molecule has 2 aromatic rings. The molecular formula is C36H58N4O2+2. The van der Waals surface area contributed by atoms with Gasteiger partial charge in [-0.2, -0.15) is 0 Å². The van der Waals surface area contributed by atoms with Gasteiger partial charge in [0.2, 0.25) is 0 Å². The zero-order valence-electron chi connectivity index (χ0n) is 27.8. The monoisotopic (exact) mass is 578 g/mol. The fourth-order valence-electron chi connectivity index (χ4n) is 6.73. The summed E-state index contributed by atoms with van der Waals surface area (Å²) < 4.78 is 2.06. The molecule has 3 rings (SSSR count). The zero-order valence-corrected chi connectivity index (χ0v) is 27.8. The van der Waals surface area contributed by atoms with Crippen molar-refractivity contribution in [2.75, 3.05) is 39.3 Å². The van der Waals surface area contributed by atoms with E-state index in [2.05, 4.69) is 65.8 Å². The second-order valence-corrected chi connectivity index (χ2v) is 12.6. The van der Waals surface area contributed by atoms with E-state index in [-0.39, 0.29) is 12.1 Å². The lowest BCUT2D eigenvalue weighted by Crippen LogP contribution is -2.46. The number of hydrogen-bond donors (Lipinski definition) is 2. The van der Waals surface area contributed by atoms with Crippen molar-refractivity contribution in [2.45, 2.75) is 106 Å². The van der Waals surface area contributed by atoms with Gasteiger partial charge in [0.15, 0.2) is 0 Å². The van der Waals surface area contributed by atoms with Crippen LogP contribution in [0.15, 0.2) is 34.3 Å². The van der Waals surface area contributed by atoms with Crippen LogP contribution in [0, 0.1) is 13.8 Å². The van der Waals surface area contributed by atoms with Gasteiger partial charge in [-0.1, -0.05) is 12.8 Å². The van der Waals surface area contributed by atoms with E-state index >= 15 is 0 Å². The van der Waals surface area contributed by atoms with Crippen molar-refractivity contribution in [1.29, 1.82) is 0 Å². The third-order valence-electron chi connectivity index (χ3n) is 10.3. The van der Waals surface area contributed by atoms with Gasteiger partial charge in [-0.15, -0.1) is 0 Å². The number of hydrogen-bond acceptors (Lipinski definition) is 4. The highest BCUT2D eigenvalue weighted by Crippen LogP contribution is 2.29. The molecule has 232 valence electrons. The first-order chi connectivity index (χ1) is 20.1. The summed E-state index contributed by atoms with van der Waals surface area (Å²) in [6.07, 6.45) is 7.98. The molecule has 6 nitrogen and oxygen atoms in total. The van der Waals surface area contributed by atoms with Crippen LogP contribution in [-0.4, -0.2) is 83.0 Å². The maximum absolute atomic E-state index is 10.9. The van der Waals surface area contributed by atoms with E-state index < -0.39 is 0 Å². The molecule has 0 saturated heterocycles. The lowest BCUT2D eigenvalue weighted by atomic mass is 9.91. The fourth-order valence-corrected chi connectivity index (χ4v) is 6.73. The van der Waals surface area contributed by atoms with Crippen LogP contribution in [0.1, 0.15) is 101 Å². The second-order valence-electron chi connectivity index (χ2n) is 12.6. The van der Waals surface area contributed by atoms with Crippen LogP contribution in [0.3, 0.4) is 0 Å². The Morgan fingerprint density at radius 3 is 1.26 bits per heavy atom. The Balaban J connectivity index is 1.85. The standard InChI is InChI=1S/C36H56N4O2/c1-9-39(10-2,11-3)25-29-19-27(7)35(41)31(21-29)23-37-33-17-15-16-18-34(33)38-24-32-22-30(20-28(8)36(32)42)26-40(12-4,13-5)14-6/h19-24,33-34H,9-18,25-26H2,1-8H3/p+2/t33-,34-/m1/s1. The number of quaternary nitrogens is 2. The average molecular weight is 579 g/mol. The Labute approximate surface area is 256 Å². The molecule has 42 heavy (non-hydrogen) atoms. The van der Waals surface area contributed by atoms with Crippen molar-refractivity contribution in [1.82, 2.24) is 0 Å². The van der Waals surface area contributed by atoms with E-state index in [1.807, 2.05) is 26.3 Å². The van der Waals surface area contributed by atoms with Crippen molar-refractivity contribution < 1.29 is 19.2 Å². The Morgan fingerprint density at radius 2 is 0.952 bits per heavy atom. The molecule has 0 unspecified atom stereocenters. The molecule has 2 atom stereocenters. The summed E-state index contributed by atoms with van der Waals surface area (Å²) in [5.41, 5.74) is 5.89. The predicted molar refractivity (Wildman–Crippen MR) is 178 cm³/mol. The van der Waals surface area contributed by atoms with E-state index in [1.54, 1.807) is 0 Å². The van der Waals surface area contributed by atoms with Crippen LogP contribution in [0.5, 0.6) is 11.5 Å². The van der Waals surface area contributed by atoms with Gasteiger partial charge in [0, 0.05) is 34.7 Å². The van der Waals surface area contributed by atoms with Gasteiger partial charge in [-0.3, -0.25) is 9.98 Å². The number of phenols is 2. The molecule has 1 aliphatic rings. The molecule has 0 amide bonds. The molecule has 0 aromatic heterocycles. The SMILES string of the molecule is CC[N+](CC)(CC)Cc1cc(C)c(O)c(C=N[C@@H]2CCCC[C@H]2N=Cc2cc(C[N+](CC)(CC)CC)cc(C)c2O)c1. The van der Waals surface area contributed by atoms with Crippen LogP contribution in [0.2, 0.25) is 0 Å². The van der Waals surface area contributed by atoms with E-state index in [0.717, 1.165) is 109 Å². The topological polar surface area (TPSA) is 65.2 Å². The Kier molecular flexibility index (Phi) is 12.2. The van der Waals surface area contributed by atoms with Gasteiger partial charge < -0.3 is 19.2 Å². The lowest BCUT2D eigenvalue weighted by Gasteiger charge is -2.36. The summed E-state index contributed by atoms with van der Waals surface area (Å²) in [5, 5.41) is 21.8. The zero-order chi connectivity index (χ0) is 30.9. The predicted octanol–water partition coefficient (Wildman–Crippen LogP) is 7.32. The first-order valence-corrected chi connectivity index (χ1v) is 16.5. The maximum atomic E-state index is 10.9. The number of aryl methyl sites for hydroxylation is 2. The molecule has 0 aliphatic heterocycles. The fraction of sp³-hybridized carbons (Fsp3) is 0.611. The van der Waals surface area contributed by atoms with Gasteiger partial charge in [-0.25, -0.2) is 0 Å². The third-order valence-corrected chi connectivity index (χ3v) is 10.3. The summed E-state index contributed by atoms with van der Waals surface area (Å²) >= 11 is 0. The summed E-state index contributed by atoms with van der Waals surface area (Å²) in [4.78, 5) is 10.0. The lowest BCUT2D eigenvalue weighted by molar-refractivity contribution is -0.936. The summed E-state index contributed by atoms with van der Waals surface area (Å²) in [6, 6.07) is 8.61. The number of rotatable bonds is 14. The number of phenolic OH excluding ortho intramolecular Hbond substituents is 2. The minimum Gasteiger partial charge on any atom is -0.507 e. The van der Waals surface area contributed by atoms with Gasteiger partial charge in [-0.05, 0) is 104 Å². The molecule has 0 spiro atoms.